The average Bonchev–Trinajstić information content (AvgIpc) is 2.60. The highest BCUT2D eigenvalue weighted by Gasteiger charge is 2.35. The van der Waals surface area contributed by atoms with Crippen LogP contribution >= 0.6 is 0 Å². The van der Waals surface area contributed by atoms with E-state index in [0.717, 1.165) is 43.9 Å². The first-order chi connectivity index (χ1) is 12.2. The topological polar surface area (TPSA) is 32.8 Å². The Hall–Kier alpha value is -2.33. The number of nitrogens with zero attached hydrogens (tertiary/aromatic N) is 2. The molecule has 1 saturated heterocycles. The third-order valence-corrected chi connectivity index (χ3v) is 5.38. The van der Waals surface area contributed by atoms with Crippen molar-refractivity contribution in [1.29, 1.82) is 0 Å². The Labute approximate surface area is 149 Å². The lowest BCUT2D eigenvalue weighted by Crippen LogP contribution is -2.61. The molecule has 0 radical (unpaired) electrons. The van der Waals surface area contributed by atoms with Gasteiger partial charge in [-0.1, -0.05) is 36.4 Å². The number of methoxy groups -OCH3 is 1. The van der Waals surface area contributed by atoms with Crippen molar-refractivity contribution in [2.45, 2.75) is 25.4 Å². The fourth-order valence-electron chi connectivity index (χ4n) is 3.79. The van der Waals surface area contributed by atoms with Gasteiger partial charge in [0.1, 0.15) is 5.75 Å². The summed E-state index contributed by atoms with van der Waals surface area (Å²) in [6.45, 7) is 3.81. The van der Waals surface area contributed by atoms with Crippen molar-refractivity contribution in [2.75, 3.05) is 26.7 Å². The van der Waals surface area contributed by atoms with E-state index in [1.807, 2.05) is 29.2 Å². The summed E-state index contributed by atoms with van der Waals surface area (Å²) in [5.74, 6) is 1.01. The molecule has 4 nitrogen and oxygen atoms in total. The van der Waals surface area contributed by atoms with Crippen LogP contribution in [0.5, 0.6) is 5.75 Å². The lowest BCUT2D eigenvalue weighted by atomic mass is 9.96. The molecule has 130 valence electrons. The van der Waals surface area contributed by atoms with E-state index in [1.165, 1.54) is 11.1 Å². The molecule has 0 aromatic heterocycles. The Morgan fingerprint density at radius 1 is 1.12 bits per heavy atom. The predicted octanol–water partition coefficient (Wildman–Crippen LogP) is 2.51. The van der Waals surface area contributed by atoms with E-state index in [9.17, 15) is 4.79 Å². The summed E-state index contributed by atoms with van der Waals surface area (Å²) in [5.41, 5.74) is 3.93. The monoisotopic (exact) mass is 336 g/mol. The Morgan fingerprint density at radius 2 is 1.92 bits per heavy atom. The van der Waals surface area contributed by atoms with Crippen molar-refractivity contribution >= 4 is 5.91 Å². The molecule has 1 amide bonds. The maximum Gasteiger partial charge on any atom is 0.227 e. The molecule has 2 aliphatic rings. The highest BCUT2D eigenvalue weighted by atomic mass is 16.5. The molecule has 0 aliphatic carbocycles. The fraction of sp³-hybridized carbons (Fsp3) is 0.381. The van der Waals surface area contributed by atoms with Crippen LogP contribution in [0, 0.1) is 0 Å². The number of benzene rings is 2. The third-order valence-electron chi connectivity index (χ3n) is 5.38. The standard InChI is InChI=1S/C21H24N2O2/c1-25-20-8-4-5-16(11-20)12-21(24)23-14-19(15-23)22-10-9-17-6-2-3-7-18(17)13-22/h2-8,11,19H,9-10,12-15H2,1H3. The minimum absolute atomic E-state index is 0.210. The zero-order valence-corrected chi connectivity index (χ0v) is 14.6. The highest BCUT2D eigenvalue weighted by molar-refractivity contribution is 5.79. The highest BCUT2D eigenvalue weighted by Crippen LogP contribution is 2.25. The molecule has 2 aromatic rings. The minimum atomic E-state index is 0.210. The molecule has 2 heterocycles. The van der Waals surface area contributed by atoms with Gasteiger partial charge in [0, 0.05) is 32.2 Å². The minimum Gasteiger partial charge on any atom is -0.497 e. The zero-order valence-electron chi connectivity index (χ0n) is 14.6. The molecule has 0 bridgehead atoms. The van der Waals surface area contributed by atoms with Gasteiger partial charge in [0.25, 0.3) is 0 Å². The number of hydrogen-bond acceptors (Lipinski definition) is 3. The largest absolute Gasteiger partial charge is 0.497 e. The number of ether oxygens (including phenoxy) is 1. The molecule has 0 unspecified atom stereocenters. The summed E-state index contributed by atoms with van der Waals surface area (Å²) >= 11 is 0. The Balaban J connectivity index is 1.31. The van der Waals surface area contributed by atoms with Gasteiger partial charge < -0.3 is 9.64 Å². The molecule has 4 heteroatoms. The second-order valence-electron chi connectivity index (χ2n) is 6.97. The smallest absolute Gasteiger partial charge is 0.227 e. The molecule has 2 aromatic carbocycles. The SMILES string of the molecule is COc1cccc(CC(=O)N2CC(N3CCc4ccccc4C3)C2)c1. The number of rotatable bonds is 4. The molecule has 1 fully saturated rings. The van der Waals surface area contributed by atoms with Crippen LogP contribution in [-0.2, 0) is 24.2 Å². The van der Waals surface area contributed by atoms with Gasteiger partial charge in [0.05, 0.1) is 13.5 Å². The van der Waals surface area contributed by atoms with E-state index >= 15 is 0 Å². The van der Waals surface area contributed by atoms with Gasteiger partial charge in [-0.15, -0.1) is 0 Å². The van der Waals surface area contributed by atoms with E-state index in [1.54, 1.807) is 7.11 Å². The van der Waals surface area contributed by atoms with Crippen LogP contribution in [0.2, 0.25) is 0 Å². The summed E-state index contributed by atoms with van der Waals surface area (Å²) in [5, 5.41) is 0. The van der Waals surface area contributed by atoms with E-state index in [-0.39, 0.29) is 5.91 Å². The van der Waals surface area contributed by atoms with Gasteiger partial charge in [-0.25, -0.2) is 0 Å². The number of carbonyl (C=O) groups is 1. The number of likely N-dealkylation sites (tertiary alicyclic amines) is 1. The van der Waals surface area contributed by atoms with Gasteiger partial charge >= 0.3 is 0 Å². The number of hydrogen-bond donors (Lipinski definition) is 0. The van der Waals surface area contributed by atoms with Crippen LogP contribution < -0.4 is 4.74 Å². The van der Waals surface area contributed by atoms with Crippen LogP contribution in [-0.4, -0.2) is 48.5 Å². The second-order valence-corrected chi connectivity index (χ2v) is 6.97. The summed E-state index contributed by atoms with van der Waals surface area (Å²) in [7, 11) is 1.65. The van der Waals surface area contributed by atoms with Crippen molar-refractivity contribution in [3.05, 3.63) is 65.2 Å². The van der Waals surface area contributed by atoms with Crippen LogP contribution in [0.4, 0.5) is 0 Å². The maximum absolute atomic E-state index is 12.5. The summed E-state index contributed by atoms with van der Waals surface area (Å²) in [4.78, 5) is 17.0. The normalized spacial score (nSPS) is 17.7. The van der Waals surface area contributed by atoms with E-state index in [2.05, 4.69) is 29.2 Å². The first kappa shape index (κ1) is 16.2. The van der Waals surface area contributed by atoms with E-state index in [4.69, 9.17) is 4.74 Å². The molecule has 4 rings (SSSR count). The Bertz CT molecular complexity index is 768. The molecular formula is C21H24N2O2. The number of amides is 1. The summed E-state index contributed by atoms with van der Waals surface area (Å²) in [6, 6.07) is 17.0. The van der Waals surface area contributed by atoms with Gasteiger partial charge in [-0.2, -0.15) is 0 Å². The third kappa shape index (κ3) is 3.40. The van der Waals surface area contributed by atoms with Crippen molar-refractivity contribution in [2.24, 2.45) is 0 Å². The summed E-state index contributed by atoms with van der Waals surface area (Å²) in [6.07, 6.45) is 1.57. The van der Waals surface area contributed by atoms with Crippen LogP contribution in [0.25, 0.3) is 0 Å². The van der Waals surface area contributed by atoms with Gasteiger partial charge in [-0.05, 0) is 35.2 Å². The first-order valence-electron chi connectivity index (χ1n) is 8.94. The molecular weight excluding hydrogens is 312 g/mol. The van der Waals surface area contributed by atoms with E-state index in [0.29, 0.717) is 12.5 Å². The molecule has 2 aliphatic heterocycles. The zero-order chi connectivity index (χ0) is 17.2. The van der Waals surface area contributed by atoms with Gasteiger partial charge in [0.2, 0.25) is 5.91 Å². The molecule has 0 spiro atoms. The molecule has 0 N–H and O–H groups in total. The lowest BCUT2D eigenvalue weighted by Gasteiger charge is -2.47. The number of fused-ring (bicyclic) bond motifs is 1. The van der Waals surface area contributed by atoms with Gasteiger partial charge in [0.15, 0.2) is 0 Å². The van der Waals surface area contributed by atoms with Crippen molar-refractivity contribution in [3.8, 4) is 5.75 Å². The average molecular weight is 336 g/mol. The molecule has 25 heavy (non-hydrogen) atoms. The quantitative estimate of drug-likeness (QED) is 0.860. The van der Waals surface area contributed by atoms with Crippen LogP contribution in [0.15, 0.2) is 48.5 Å². The van der Waals surface area contributed by atoms with Crippen molar-refractivity contribution < 1.29 is 9.53 Å². The van der Waals surface area contributed by atoms with E-state index < -0.39 is 0 Å². The lowest BCUT2D eigenvalue weighted by molar-refractivity contribution is -0.138. The maximum atomic E-state index is 12.5. The summed E-state index contributed by atoms with van der Waals surface area (Å²) < 4.78 is 5.23. The number of carbonyl (C=O) groups excluding carboxylic acids is 1. The van der Waals surface area contributed by atoms with Crippen LogP contribution in [0.3, 0.4) is 0 Å². The fourth-order valence-corrected chi connectivity index (χ4v) is 3.79. The Kier molecular flexibility index (Phi) is 4.45. The van der Waals surface area contributed by atoms with Crippen molar-refractivity contribution in [3.63, 3.8) is 0 Å². The first-order valence-corrected chi connectivity index (χ1v) is 8.94. The Morgan fingerprint density at radius 3 is 2.72 bits per heavy atom. The molecule has 0 atom stereocenters. The second kappa shape index (κ2) is 6.89. The van der Waals surface area contributed by atoms with Gasteiger partial charge in [-0.3, -0.25) is 9.69 Å². The van der Waals surface area contributed by atoms with Crippen molar-refractivity contribution in [1.82, 2.24) is 9.80 Å². The van der Waals surface area contributed by atoms with Crippen LogP contribution in [0.1, 0.15) is 16.7 Å². The molecule has 0 saturated carbocycles. The predicted molar refractivity (Wildman–Crippen MR) is 97.6 cm³/mol.